The number of rotatable bonds is 3. The van der Waals surface area contributed by atoms with Gasteiger partial charge in [-0.15, -0.1) is 0 Å². The fourth-order valence-electron chi connectivity index (χ4n) is 2.55. The van der Waals surface area contributed by atoms with Crippen LogP contribution in [-0.4, -0.2) is 12.1 Å². The molecule has 2 rings (SSSR count). The van der Waals surface area contributed by atoms with Gasteiger partial charge in [-0.2, -0.15) is 0 Å². The molecule has 2 aliphatic carbocycles. The fraction of sp³-hybridized carbons (Fsp3) is 1.00. The van der Waals surface area contributed by atoms with Crippen LogP contribution in [0, 0.1) is 5.92 Å². The highest BCUT2D eigenvalue weighted by Gasteiger charge is 2.29. The van der Waals surface area contributed by atoms with Crippen LogP contribution < -0.4 is 5.32 Å². The molecule has 76 valence electrons. The van der Waals surface area contributed by atoms with Crippen LogP contribution in [0.4, 0.5) is 0 Å². The van der Waals surface area contributed by atoms with Gasteiger partial charge in [0.15, 0.2) is 0 Å². The molecule has 0 heterocycles. The van der Waals surface area contributed by atoms with Crippen molar-refractivity contribution in [1.82, 2.24) is 5.32 Å². The van der Waals surface area contributed by atoms with Crippen molar-refractivity contribution in [2.45, 2.75) is 70.4 Å². The lowest BCUT2D eigenvalue weighted by atomic mass is 10.1. The molecule has 0 aromatic heterocycles. The van der Waals surface area contributed by atoms with Crippen molar-refractivity contribution in [3.05, 3.63) is 0 Å². The van der Waals surface area contributed by atoms with Gasteiger partial charge >= 0.3 is 0 Å². The zero-order valence-electron chi connectivity index (χ0n) is 8.89. The smallest absolute Gasteiger partial charge is 0.00696 e. The van der Waals surface area contributed by atoms with Gasteiger partial charge in [0.1, 0.15) is 0 Å². The Morgan fingerprint density at radius 1 is 0.923 bits per heavy atom. The highest BCUT2D eigenvalue weighted by molar-refractivity contribution is 4.85. The molecular formula is C12H23N. The van der Waals surface area contributed by atoms with Gasteiger partial charge in [-0.25, -0.2) is 0 Å². The van der Waals surface area contributed by atoms with Gasteiger partial charge in [0.25, 0.3) is 0 Å². The summed E-state index contributed by atoms with van der Waals surface area (Å²) in [5.41, 5.74) is 0. The minimum Gasteiger partial charge on any atom is -0.311 e. The summed E-state index contributed by atoms with van der Waals surface area (Å²) >= 11 is 0. The second-order valence-corrected chi connectivity index (χ2v) is 4.98. The van der Waals surface area contributed by atoms with Crippen LogP contribution in [0.1, 0.15) is 58.3 Å². The van der Waals surface area contributed by atoms with Gasteiger partial charge < -0.3 is 5.32 Å². The van der Waals surface area contributed by atoms with Crippen molar-refractivity contribution in [2.75, 3.05) is 0 Å². The van der Waals surface area contributed by atoms with E-state index in [1.54, 1.807) is 0 Å². The van der Waals surface area contributed by atoms with Gasteiger partial charge in [-0.1, -0.05) is 25.7 Å². The first-order valence-corrected chi connectivity index (χ1v) is 6.12. The molecule has 1 atom stereocenters. The third kappa shape index (κ3) is 2.98. The molecule has 0 aliphatic heterocycles. The second kappa shape index (κ2) is 4.45. The predicted molar refractivity (Wildman–Crippen MR) is 56.8 cm³/mol. The van der Waals surface area contributed by atoms with Crippen LogP contribution in [0.3, 0.4) is 0 Å². The van der Waals surface area contributed by atoms with E-state index in [1.165, 1.54) is 51.4 Å². The lowest BCUT2D eigenvalue weighted by Crippen LogP contribution is -2.37. The van der Waals surface area contributed by atoms with E-state index in [9.17, 15) is 0 Å². The standard InChI is InChI=1S/C12H23N/c1-10(11-8-9-11)13-12-6-4-2-3-5-7-12/h10-13H,2-9H2,1H3. The Morgan fingerprint density at radius 3 is 2.08 bits per heavy atom. The molecular weight excluding hydrogens is 158 g/mol. The van der Waals surface area contributed by atoms with E-state index in [2.05, 4.69) is 12.2 Å². The molecule has 1 nitrogen and oxygen atoms in total. The summed E-state index contributed by atoms with van der Waals surface area (Å²) in [5.74, 6) is 1.02. The van der Waals surface area contributed by atoms with E-state index in [-0.39, 0.29) is 0 Å². The second-order valence-electron chi connectivity index (χ2n) is 4.98. The lowest BCUT2D eigenvalue weighted by molar-refractivity contribution is 0.384. The molecule has 1 N–H and O–H groups in total. The number of nitrogens with one attached hydrogen (secondary N) is 1. The predicted octanol–water partition coefficient (Wildman–Crippen LogP) is 3.10. The first kappa shape index (κ1) is 9.51. The van der Waals surface area contributed by atoms with E-state index in [1.807, 2.05) is 0 Å². The van der Waals surface area contributed by atoms with Gasteiger partial charge in [-0.3, -0.25) is 0 Å². The molecule has 13 heavy (non-hydrogen) atoms. The molecule has 0 amide bonds. The first-order valence-electron chi connectivity index (χ1n) is 6.12. The Morgan fingerprint density at radius 2 is 1.54 bits per heavy atom. The highest BCUT2D eigenvalue weighted by atomic mass is 15.0. The van der Waals surface area contributed by atoms with Crippen molar-refractivity contribution in [1.29, 1.82) is 0 Å². The summed E-state index contributed by atoms with van der Waals surface area (Å²) in [5, 5.41) is 3.82. The summed E-state index contributed by atoms with van der Waals surface area (Å²) in [7, 11) is 0. The molecule has 2 aliphatic rings. The maximum atomic E-state index is 3.82. The van der Waals surface area contributed by atoms with Crippen LogP contribution in [0.2, 0.25) is 0 Å². The summed E-state index contributed by atoms with van der Waals surface area (Å²) in [6.07, 6.45) is 11.6. The average molecular weight is 181 g/mol. The van der Waals surface area contributed by atoms with Crippen LogP contribution in [-0.2, 0) is 0 Å². The third-order valence-electron chi connectivity index (χ3n) is 3.68. The summed E-state index contributed by atoms with van der Waals surface area (Å²) in [6.45, 7) is 2.38. The molecule has 1 unspecified atom stereocenters. The van der Waals surface area contributed by atoms with Gasteiger partial charge in [0.05, 0.1) is 0 Å². The van der Waals surface area contributed by atoms with Gasteiger partial charge in [0, 0.05) is 12.1 Å². The quantitative estimate of drug-likeness (QED) is 0.660. The van der Waals surface area contributed by atoms with Gasteiger partial charge in [-0.05, 0) is 38.5 Å². The summed E-state index contributed by atoms with van der Waals surface area (Å²) in [6, 6.07) is 1.64. The van der Waals surface area contributed by atoms with Crippen LogP contribution in [0.5, 0.6) is 0 Å². The SMILES string of the molecule is CC(NC1CCCCCC1)C1CC1. The third-order valence-corrected chi connectivity index (χ3v) is 3.68. The number of hydrogen-bond donors (Lipinski definition) is 1. The minimum atomic E-state index is 0.795. The van der Waals surface area contributed by atoms with Crippen molar-refractivity contribution in [3.8, 4) is 0 Å². The van der Waals surface area contributed by atoms with E-state index in [0.717, 1.165) is 18.0 Å². The first-order chi connectivity index (χ1) is 6.36. The number of hydrogen-bond acceptors (Lipinski definition) is 1. The molecule has 1 heteroatoms. The van der Waals surface area contributed by atoms with E-state index in [4.69, 9.17) is 0 Å². The summed E-state index contributed by atoms with van der Waals surface area (Å²) in [4.78, 5) is 0. The molecule has 0 aromatic carbocycles. The zero-order valence-corrected chi connectivity index (χ0v) is 8.89. The van der Waals surface area contributed by atoms with E-state index >= 15 is 0 Å². The molecule has 0 radical (unpaired) electrons. The highest BCUT2D eigenvalue weighted by Crippen LogP contribution is 2.33. The van der Waals surface area contributed by atoms with Crippen molar-refractivity contribution in [2.24, 2.45) is 5.92 Å². The molecule has 0 bridgehead atoms. The van der Waals surface area contributed by atoms with Crippen LogP contribution >= 0.6 is 0 Å². The Labute approximate surface area is 82.3 Å². The Bertz CT molecular complexity index is 143. The molecule has 2 fully saturated rings. The topological polar surface area (TPSA) is 12.0 Å². The Hall–Kier alpha value is -0.0400. The lowest BCUT2D eigenvalue weighted by Gasteiger charge is -2.21. The molecule has 2 saturated carbocycles. The van der Waals surface area contributed by atoms with Crippen molar-refractivity contribution in [3.63, 3.8) is 0 Å². The zero-order chi connectivity index (χ0) is 9.10. The maximum absolute atomic E-state index is 3.82. The minimum absolute atomic E-state index is 0.795. The van der Waals surface area contributed by atoms with Crippen molar-refractivity contribution < 1.29 is 0 Å². The van der Waals surface area contributed by atoms with E-state index < -0.39 is 0 Å². The normalized spacial score (nSPS) is 28.4. The van der Waals surface area contributed by atoms with Crippen LogP contribution in [0.15, 0.2) is 0 Å². The molecule has 0 spiro atoms. The van der Waals surface area contributed by atoms with Crippen LogP contribution in [0.25, 0.3) is 0 Å². The average Bonchev–Trinajstić information content (AvgIpc) is 2.92. The molecule has 0 aromatic rings. The summed E-state index contributed by atoms with van der Waals surface area (Å²) < 4.78 is 0. The van der Waals surface area contributed by atoms with E-state index in [0.29, 0.717) is 0 Å². The Balaban J connectivity index is 1.71. The van der Waals surface area contributed by atoms with Crippen molar-refractivity contribution >= 4 is 0 Å². The van der Waals surface area contributed by atoms with Gasteiger partial charge in [0.2, 0.25) is 0 Å². The molecule has 0 saturated heterocycles. The largest absolute Gasteiger partial charge is 0.311 e. The maximum Gasteiger partial charge on any atom is 0.00696 e. The fourth-order valence-corrected chi connectivity index (χ4v) is 2.55. The Kier molecular flexibility index (Phi) is 3.26. The monoisotopic (exact) mass is 181 g/mol.